The first-order valence-electron chi connectivity index (χ1n) is 7.08. The van der Waals surface area contributed by atoms with Gasteiger partial charge in [0.15, 0.2) is 0 Å². The Morgan fingerprint density at radius 3 is 2.62 bits per heavy atom. The van der Waals surface area contributed by atoms with Crippen LogP contribution in [0.3, 0.4) is 0 Å². The molecular weight excluding hydrogens is 290 g/mol. The Morgan fingerprint density at radius 1 is 1.29 bits per heavy atom. The number of amides is 1. The molecule has 1 aromatic rings. The van der Waals surface area contributed by atoms with Crippen LogP contribution in [0.25, 0.3) is 0 Å². The SMILES string of the molecule is CCCS(=O)(=O)NCc1ccc(N2CCNC(=O)C2)cc1. The van der Waals surface area contributed by atoms with E-state index in [1.807, 2.05) is 36.1 Å². The van der Waals surface area contributed by atoms with Gasteiger partial charge in [-0.15, -0.1) is 0 Å². The second-order valence-electron chi connectivity index (χ2n) is 5.08. The molecule has 0 bridgehead atoms. The molecule has 1 aliphatic heterocycles. The van der Waals surface area contributed by atoms with E-state index in [1.165, 1.54) is 0 Å². The molecule has 1 heterocycles. The molecule has 0 unspecified atom stereocenters. The normalized spacial score (nSPS) is 15.9. The van der Waals surface area contributed by atoms with Crippen LogP contribution in [0.15, 0.2) is 24.3 Å². The number of nitrogens with zero attached hydrogens (tertiary/aromatic N) is 1. The second kappa shape index (κ2) is 6.91. The summed E-state index contributed by atoms with van der Waals surface area (Å²) in [5.74, 6) is 0.172. The summed E-state index contributed by atoms with van der Waals surface area (Å²) in [5.41, 5.74) is 1.88. The van der Waals surface area contributed by atoms with Crippen LogP contribution < -0.4 is 14.9 Å². The molecule has 1 aliphatic rings. The molecule has 6 nitrogen and oxygen atoms in total. The predicted octanol–water partition coefficient (Wildman–Crippen LogP) is 0.452. The molecule has 1 amide bonds. The van der Waals surface area contributed by atoms with Gasteiger partial charge in [-0.3, -0.25) is 4.79 Å². The fraction of sp³-hybridized carbons (Fsp3) is 0.500. The van der Waals surface area contributed by atoms with E-state index in [9.17, 15) is 13.2 Å². The highest BCUT2D eigenvalue weighted by molar-refractivity contribution is 7.89. The molecule has 0 atom stereocenters. The largest absolute Gasteiger partial charge is 0.360 e. The standard InChI is InChI=1S/C14H21N3O3S/c1-2-9-21(19,20)16-10-12-3-5-13(6-4-12)17-8-7-15-14(18)11-17/h3-6,16H,2,7-11H2,1H3,(H,15,18). The zero-order chi connectivity index (χ0) is 15.3. The molecule has 0 radical (unpaired) electrons. The summed E-state index contributed by atoms with van der Waals surface area (Å²) < 4.78 is 25.8. The number of sulfonamides is 1. The Balaban J connectivity index is 1.94. The Labute approximate surface area is 125 Å². The number of nitrogens with one attached hydrogen (secondary N) is 2. The summed E-state index contributed by atoms with van der Waals surface area (Å²) in [4.78, 5) is 13.4. The fourth-order valence-corrected chi connectivity index (χ4v) is 3.29. The van der Waals surface area contributed by atoms with Gasteiger partial charge in [0.2, 0.25) is 15.9 Å². The number of benzene rings is 1. The first-order valence-corrected chi connectivity index (χ1v) is 8.73. The molecular formula is C14H21N3O3S. The number of carbonyl (C=O) groups is 1. The van der Waals surface area contributed by atoms with Crippen LogP contribution in [-0.2, 0) is 21.4 Å². The Kier molecular flexibility index (Phi) is 5.19. The van der Waals surface area contributed by atoms with E-state index in [-0.39, 0.29) is 11.7 Å². The van der Waals surface area contributed by atoms with Crippen LogP contribution in [0.5, 0.6) is 0 Å². The quantitative estimate of drug-likeness (QED) is 0.800. The van der Waals surface area contributed by atoms with E-state index in [4.69, 9.17) is 0 Å². The lowest BCUT2D eigenvalue weighted by atomic mass is 10.2. The first kappa shape index (κ1) is 15.8. The van der Waals surface area contributed by atoms with E-state index in [0.29, 0.717) is 26.1 Å². The van der Waals surface area contributed by atoms with Crippen LogP contribution in [0.4, 0.5) is 5.69 Å². The van der Waals surface area contributed by atoms with E-state index in [2.05, 4.69) is 10.0 Å². The van der Waals surface area contributed by atoms with Crippen LogP contribution >= 0.6 is 0 Å². The molecule has 0 spiro atoms. The number of hydrogen-bond acceptors (Lipinski definition) is 4. The average molecular weight is 311 g/mol. The van der Waals surface area contributed by atoms with Crippen LogP contribution in [0.2, 0.25) is 0 Å². The van der Waals surface area contributed by atoms with Gasteiger partial charge in [0.25, 0.3) is 0 Å². The third-order valence-electron chi connectivity index (χ3n) is 3.31. The van der Waals surface area contributed by atoms with Crippen molar-refractivity contribution in [2.24, 2.45) is 0 Å². The van der Waals surface area contributed by atoms with Gasteiger partial charge < -0.3 is 10.2 Å². The van der Waals surface area contributed by atoms with Crippen LogP contribution in [-0.4, -0.2) is 39.7 Å². The Morgan fingerprint density at radius 2 is 2.00 bits per heavy atom. The third-order valence-corrected chi connectivity index (χ3v) is 4.84. The smallest absolute Gasteiger partial charge is 0.239 e. The molecule has 1 aromatic carbocycles. The van der Waals surface area contributed by atoms with Crippen molar-refractivity contribution >= 4 is 21.6 Å². The minimum absolute atomic E-state index is 0.0256. The number of hydrogen-bond donors (Lipinski definition) is 2. The van der Waals surface area contributed by atoms with Crippen LogP contribution in [0.1, 0.15) is 18.9 Å². The van der Waals surface area contributed by atoms with Gasteiger partial charge in [0, 0.05) is 25.3 Å². The molecule has 0 saturated carbocycles. The molecule has 116 valence electrons. The molecule has 2 N–H and O–H groups in total. The van der Waals surface area contributed by atoms with Gasteiger partial charge in [-0.05, 0) is 24.1 Å². The van der Waals surface area contributed by atoms with Gasteiger partial charge in [-0.1, -0.05) is 19.1 Å². The molecule has 1 fully saturated rings. The van der Waals surface area contributed by atoms with E-state index in [0.717, 1.165) is 17.8 Å². The zero-order valence-corrected chi connectivity index (χ0v) is 12.9. The maximum absolute atomic E-state index is 11.6. The molecule has 0 aliphatic carbocycles. The minimum atomic E-state index is -3.18. The van der Waals surface area contributed by atoms with E-state index >= 15 is 0 Å². The Hall–Kier alpha value is -1.60. The summed E-state index contributed by atoms with van der Waals surface area (Å²) in [6.45, 7) is 3.93. The van der Waals surface area contributed by atoms with Crippen molar-refractivity contribution in [3.63, 3.8) is 0 Å². The highest BCUT2D eigenvalue weighted by Gasteiger charge is 2.16. The fourth-order valence-electron chi connectivity index (χ4n) is 2.22. The maximum atomic E-state index is 11.6. The molecule has 21 heavy (non-hydrogen) atoms. The van der Waals surface area contributed by atoms with Crippen molar-refractivity contribution < 1.29 is 13.2 Å². The van der Waals surface area contributed by atoms with E-state index < -0.39 is 10.0 Å². The number of piperazine rings is 1. The lowest BCUT2D eigenvalue weighted by Gasteiger charge is -2.28. The number of anilines is 1. The summed E-state index contributed by atoms with van der Waals surface area (Å²) in [5, 5.41) is 2.78. The summed E-state index contributed by atoms with van der Waals surface area (Å²) in [7, 11) is -3.18. The van der Waals surface area contributed by atoms with Gasteiger partial charge in [-0.2, -0.15) is 0 Å². The molecule has 7 heteroatoms. The highest BCUT2D eigenvalue weighted by Crippen LogP contribution is 2.16. The van der Waals surface area contributed by atoms with Crippen molar-refractivity contribution in [2.45, 2.75) is 19.9 Å². The van der Waals surface area contributed by atoms with E-state index in [1.54, 1.807) is 0 Å². The maximum Gasteiger partial charge on any atom is 0.239 e. The summed E-state index contributed by atoms with van der Waals surface area (Å²) >= 11 is 0. The summed E-state index contributed by atoms with van der Waals surface area (Å²) in [6.07, 6.45) is 0.602. The lowest BCUT2D eigenvalue weighted by Crippen LogP contribution is -2.47. The third kappa shape index (κ3) is 4.71. The van der Waals surface area contributed by atoms with Gasteiger partial charge >= 0.3 is 0 Å². The van der Waals surface area contributed by atoms with Crippen molar-refractivity contribution in [3.8, 4) is 0 Å². The van der Waals surface area contributed by atoms with Crippen molar-refractivity contribution in [1.82, 2.24) is 10.0 Å². The monoisotopic (exact) mass is 311 g/mol. The lowest BCUT2D eigenvalue weighted by molar-refractivity contribution is -0.120. The van der Waals surface area contributed by atoms with Gasteiger partial charge in [0.05, 0.1) is 12.3 Å². The topological polar surface area (TPSA) is 78.5 Å². The Bertz CT molecular complexity index is 584. The molecule has 1 saturated heterocycles. The molecule has 0 aromatic heterocycles. The average Bonchev–Trinajstić information content (AvgIpc) is 2.46. The van der Waals surface area contributed by atoms with Crippen molar-refractivity contribution in [2.75, 3.05) is 30.3 Å². The van der Waals surface area contributed by atoms with Gasteiger partial charge in [-0.25, -0.2) is 13.1 Å². The summed E-state index contributed by atoms with van der Waals surface area (Å²) in [6, 6.07) is 7.61. The van der Waals surface area contributed by atoms with Crippen LogP contribution in [0, 0.1) is 0 Å². The predicted molar refractivity (Wildman–Crippen MR) is 82.6 cm³/mol. The highest BCUT2D eigenvalue weighted by atomic mass is 32.2. The minimum Gasteiger partial charge on any atom is -0.360 e. The number of rotatable bonds is 6. The molecule has 2 rings (SSSR count). The van der Waals surface area contributed by atoms with Crippen molar-refractivity contribution in [1.29, 1.82) is 0 Å². The zero-order valence-electron chi connectivity index (χ0n) is 12.1. The first-order chi connectivity index (χ1) is 10.00. The second-order valence-corrected chi connectivity index (χ2v) is 7.00. The van der Waals surface area contributed by atoms with Gasteiger partial charge in [0.1, 0.15) is 0 Å². The van der Waals surface area contributed by atoms with Crippen molar-refractivity contribution in [3.05, 3.63) is 29.8 Å². The number of carbonyl (C=O) groups excluding carboxylic acids is 1.